The van der Waals surface area contributed by atoms with Gasteiger partial charge >= 0.3 is 0 Å². The molecule has 2 aromatic rings. The fraction of sp³-hybridized carbons (Fsp3) is 0.391. The van der Waals surface area contributed by atoms with Crippen molar-refractivity contribution in [2.75, 3.05) is 26.7 Å². The molecular weight excluding hydrogens is 388 g/mol. The molecule has 1 unspecified atom stereocenters. The summed E-state index contributed by atoms with van der Waals surface area (Å²) in [5.74, 6) is 0.683. The molecule has 2 aromatic carbocycles. The summed E-state index contributed by atoms with van der Waals surface area (Å²) in [5, 5.41) is 0.601. The van der Waals surface area contributed by atoms with Gasteiger partial charge < -0.3 is 14.5 Å². The maximum absolute atomic E-state index is 13.0. The van der Waals surface area contributed by atoms with Crippen molar-refractivity contribution in [1.29, 1.82) is 0 Å². The summed E-state index contributed by atoms with van der Waals surface area (Å²) in [5.41, 5.74) is 1.65. The minimum absolute atomic E-state index is 0.0478. The minimum Gasteiger partial charge on any atom is -0.494 e. The zero-order valence-corrected chi connectivity index (χ0v) is 17.7. The predicted octanol–water partition coefficient (Wildman–Crippen LogP) is 4.25. The zero-order valence-electron chi connectivity index (χ0n) is 16.9. The monoisotopic (exact) mass is 414 g/mol. The largest absolute Gasteiger partial charge is 0.494 e. The van der Waals surface area contributed by atoms with Crippen LogP contribution in [0.5, 0.6) is 5.75 Å². The molecule has 0 radical (unpaired) electrons. The number of carbonyl (C=O) groups is 2. The molecule has 0 saturated carbocycles. The Labute approximate surface area is 177 Å². The van der Waals surface area contributed by atoms with E-state index in [4.69, 9.17) is 16.3 Å². The lowest BCUT2D eigenvalue weighted by atomic mass is 9.95. The number of ether oxygens (including phenoxy) is 1. The third-order valence-electron chi connectivity index (χ3n) is 5.18. The summed E-state index contributed by atoms with van der Waals surface area (Å²) >= 11 is 5.91. The van der Waals surface area contributed by atoms with E-state index in [2.05, 4.69) is 0 Å². The molecule has 1 aliphatic heterocycles. The number of rotatable bonds is 6. The van der Waals surface area contributed by atoms with E-state index in [0.29, 0.717) is 36.8 Å². The molecule has 6 heteroatoms. The van der Waals surface area contributed by atoms with Crippen molar-refractivity contribution in [3.8, 4) is 5.75 Å². The maximum atomic E-state index is 13.0. The molecule has 5 nitrogen and oxygen atoms in total. The predicted molar refractivity (Wildman–Crippen MR) is 114 cm³/mol. The van der Waals surface area contributed by atoms with Gasteiger partial charge in [-0.3, -0.25) is 9.59 Å². The van der Waals surface area contributed by atoms with Crippen molar-refractivity contribution in [3.05, 3.63) is 64.7 Å². The van der Waals surface area contributed by atoms with E-state index in [-0.39, 0.29) is 17.7 Å². The van der Waals surface area contributed by atoms with Crippen LogP contribution in [0.25, 0.3) is 0 Å². The summed E-state index contributed by atoms with van der Waals surface area (Å²) in [6, 6.07) is 14.7. The fourth-order valence-corrected chi connectivity index (χ4v) is 3.79. The van der Waals surface area contributed by atoms with Gasteiger partial charge in [0.1, 0.15) is 5.75 Å². The zero-order chi connectivity index (χ0) is 20.8. The van der Waals surface area contributed by atoms with Crippen LogP contribution >= 0.6 is 11.6 Å². The Morgan fingerprint density at radius 2 is 1.83 bits per heavy atom. The number of carbonyl (C=O) groups excluding carboxylic acids is 2. The Bertz CT molecular complexity index is 836. The molecule has 154 valence electrons. The third kappa shape index (κ3) is 5.51. The van der Waals surface area contributed by atoms with Gasteiger partial charge in [0, 0.05) is 37.3 Å². The van der Waals surface area contributed by atoms with Gasteiger partial charge in [0.15, 0.2) is 0 Å². The van der Waals surface area contributed by atoms with Crippen molar-refractivity contribution in [2.45, 2.75) is 26.3 Å². The summed E-state index contributed by atoms with van der Waals surface area (Å²) in [4.78, 5) is 29.3. The first-order chi connectivity index (χ1) is 14.0. The van der Waals surface area contributed by atoms with Crippen LogP contribution in [-0.2, 0) is 11.3 Å². The number of hydrogen-bond acceptors (Lipinski definition) is 3. The molecule has 3 rings (SSSR count). The minimum atomic E-state index is -0.173. The van der Waals surface area contributed by atoms with Crippen molar-refractivity contribution >= 4 is 23.4 Å². The van der Waals surface area contributed by atoms with Crippen LogP contribution in [0, 0.1) is 5.92 Å². The molecule has 0 spiro atoms. The van der Waals surface area contributed by atoms with Gasteiger partial charge in [-0.05, 0) is 61.7 Å². The van der Waals surface area contributed by atoms with Crippen molar-refractivity contribution in [3.63, 3.8) is 0 Å². The van der Waals surface area contributed by atoms with E-state index >= 15 is 0 Å². The fourth-order valence-electron chi connectivity index (χ4n) is 3.66. The van der Waals surface area contributed by atoms with E-state index < -0.39 is 0 Å². The standard InChI is InChI=1S/C23H27ClN2O3/c1-3-29-21-12-6-17(7-13-21)15-25(2)22(27)19-5-4-14-26(16-19)23(28)18-8-10-20(24)11-9-18/h6-13,19H,3-5,14-16H2,1-2H3. The second kappa shape index (κ2) is 9.79. The molecule has 2 amide bonds. The summed E-state index contributed by atoms with van der Waals surface area (Å²) in [6.45, 7) is 4.24. The number of benzene rings is 2. The lowest BCUT2D eigenvalue weighted by molar-refractivity contribution is -0.136. The van der Waals surface area contributed by atoms with Gasteiger partial charge in [-0.1, -0.05) is 23.7 Å². The molecule has 29 heavy (non-hydrogen) atoms. The lowest BCUT2D eigenvalue weighted by Crippen LogP contribution is -2.45. The average molecular weight is 415 g/mol. The van der Waals surface area contributed by atoms with E-state index in [1.54, 1.807) is 34.1 Å². The Kier molecular flexibility index (Phi) is 7.15. The molecule has 0 N–H and O–H groups in total. The lowest BCUT2D eigenvalue weighted by Gasteiger charge is -2.34. The van der Waals surface area contributed by atoms with E-state index in [9.17, 15) is 9.59 Å². The second-order valence-corrected chi connectivity index (χ2v) is 7.80. The summed E-state index contributed by atoms with van der Waals surface area (Å²) < 4.78 is 5.46. The molecule has 1 fully saturated rings. The van der Waals surface area contributed by atoms with Gasteiger partial charge in [-0.2, -0.15) is 0 Å². The Hall–Kier alpha value is -2.53. The molecular formula is C23H27ClN2O3. The number of likely N-dealkylation sites (tertiary alicyclic amines) is 1. The highest BCUT2D eigenvalue weighted by atomic mass is 35.5. The van der Waals surface area contributed by atoms with Crippen LogP contribution in [-0.4, -0.2) is 48.4 Å². The average Bonchev–Trinajstić information content (AvgIpc) is 2.75. The van der Waals surface area contributed by atoms with Gasteiger partial charge in [-0.15, -0.1) is 0 Å². The van der Waals surface area contributed by atoms with Crippen LogP contribution in [0.4, 0.5) is 0 Å². The molecule has 0 aliphatic carbocycles. The number of piperidine rings is 1. The van der Waals surface area contributed by atoms with Gasteiger partial charge in [0.05, 0.1) is 12.5 Å². The van der Waals surface area contributed by atoms with Gasteiger partial charge in [-0.25, -0.2) is 0 Å². The first-order valence-electron chi connectivity index (χ1n) is 9.99. The number of halogens is 1. The normalized spacial score (nSPS) is 16.4. The van der Waals surface area contributed by atoms with E-state index in [1.807, 2.05) is 38.2 Å². The van der Waals surface area contributed by atoms with Gasteiger partial charge in [0.2, 0.25) is 5.91 Å². The maximum Gasteiger partial charge on any atom is 0.253 e. The molecule has 1 heterocycles. The van der Waals surface area contributed by atoms with Crippen molar-refractivity contribution < 1.29 is 14.3 Å². The highest BCUT2D eigenvalue weighted by Crippen LogP contribution is 2.22. The summed E-state index contributed by atoms with van der Waals surface area (Å²) in [6.07, 6.45) is 1.63. The molecule has 1 saturated heterocycles. The summed E-state index contributed by atoms with van der Waals surface area (Å²) in [7, 11) is 1.82. The van der Waals surface area contributed by atoms with Crippen LogP contribution < -0.4 is 4.74 Å². The van der Waals surface area contributed by atoms with Crippen molar-refractivity contribution in [1.82, 2.24) is 9.80 Å². The topological polar surface area (TPSA) is 49.9 Å². The number of hydrogen-bond donors (Lipinski definition) is 0. The first kappa shape index (κ1) is 21.2. The highest BCUT2D eigenvalue weighted by Gasteiger charge is 2.30. The Morgan fingerprint density at radius 1 is 1.14 bits per heavy atom. The smallest absolute Gasteiger partial charge is 0.253 e. The second-order valence-electron chi connectivity index (χ2n) is 7.37. The first-order valence-corrected chi connectivity index (χ1v) is 10.4. The van der Waals surface area contributed by atoms with Crippen LogP contribution in [0.15, 0.2) is 48.5 Å². The van der Waals surface area contributed by atoms with Gasteiger partial charge in [0.25, 0.3) is 5.91 Å². The molecule has 1 atom stereocenters. The van der Waals surface area contributed by atoms with Crippen LogP contribution in [0.2, 0.25) is 5.02 Å². The Morgan fingerprint density at radius 3 is 2.48 bits per heavy atom. The van der Waals surface area contributed by atoms with E-state index in [1.165, 1.54) is 0 Å². The SMILES string of the molecule is CCOc1ccc(CN(C)C(=O)C2CCCN(C(=O)c3ccc(Cl)cc3)C2)cc1. The Balaban J connectivity index is 1.59. The van der Waals surface area contributed by atoms with Crippen LogP contribution in [0.3, 0.4) is 0 Å². The van der Waals surface area contributed by atoms with Crippen LogP contribution in [0.1, 0.15) is 35.7 Å². The third-order valence-corrected chi connectivity index (χ3v) is 5.43. The molecule has 1 aliphatic rings. The van der Waals surface area contributed by atoms with Crippen molar-refractivity contribution in [2.24, 2.45) is 5.92 Å². The quantitative estimate of drug-likeness (QED) is 0.710. The molecule has 0 aromatic heterocycles. The number of nitrogens with zero attached hydrogens (tertiary/aromatic N) is 2. The highest BCUT2D eigenvalue weighted by molar-refractivity contribution is 6.30. The molecule has 0 bridgehead atoms. The number of amides is 2. The van der Waals surface area contributed by atoms with E-state index in [0.717, 1.165) is 24.2 Å².